The number of unbranched alkanes of at least 4 members (excludes halogenated alkanes) is 7. The predicted octanol–water partition coefficient (Wildman–Crippen LogP) is 10.8. The number of carbonyl (C=O) groups is 2. The van der Waals surface area contributed by atoms with Crippen LogP contribution in [0.1, 0.15) is 97.1 Å². The lowest BCUT2D eigenvalue weighted by Crippen LogP contribution is -2.08. The Bertz CT molecular complexity index is 1240. The molecule has 44 heavy (non-hydrogen) atoms. The molecule has 0 bridgehead atoms. The summed E-state index contributed by atoms with van der Waals surface area (Å²) in [7, 11) is 0. The molecule has 16 heteroatoms. The van der Waals surface area contributed by atoms with Crippen LogP contribution in [0.5, 0.6) is 0 Å². The average molecular weight is 631 g/mol. The Kier molecular flexibility index (Phi) is 18.1. The SMILES string of the molecule is CC=CCCCCCCCCC.Cc1c(F)c(N=[N+]=[N-])c(F)c(F)c1C(=O)O.Cc1c(F)c(N=[N+]=[N-])c(F)c(F)c1C(=O)O. The third kappa shape index (κ3) is 11.2. The molecule has 0 unspecified atom stereocenters. The van der Waals surface area contributed by atoms with E-state index in [0.29, 0.717) is 0 Å². The van der Waals surface area contributed by atoms with Crippen LogP contribution in [0.2, 0.25) is 0 Å². The van der Waals surface area contributed by atoms with Crippen LogP contribution in [-0.2, 0) is 0 Å². The number of carboxylic acid groups (broad SMARTS) is 2. The number of aromatic carboxylic acids is 2. The maximum Gasteiger partial charge on any atom is 0.339 e. The Morgan fingerprint density at radius 3 is 1.36 bits per heavy atom. The summed E-state index contributed by atoms with van der Waals surface area (Å²) in [5.74, 6) is -13.6. The van der Waals surface area contributed by atoms with Crippen LogP contribution in [0.4, 0.5) is 37.7 Å². The van der Waals surface area contributed by atoms with Gasteiger partial charge in [0, 0.05) is 21.0 Å². The van der Waals surface area contributed by atoms with Crippen molar-refractivity contribution in [2.75, 3.05) is 0 Å². The summed E-state index contributed by atoms with van der Waals surface area (Å²) in [6.45, 7) is 6.25. The second kappa shape index (κ2) is 20.3. The molecule has 2 aromatic rings. The Labute approximate surface area is 249 Å². The number of hydrogen-bond acceptors (Lipinski definition) is 4. The molecular formula is C28H32F6N6O4. The number of nitrogens with zero attached hydrogens (tertiary/aromatic N) is 6. The summed E-state index contributed by atoms with van der Waals surface area (Å²) in [5.41, 5.74) is 10.2. The molecular weight excluding hydrogens is 598 g/mol. The summed E-state index contributed by atoms with van der Waals surface area (Å²) < 4.78 is 79.2. The maximum absolute atomic E-state index is 13.3. The standard InChI is InChI=1S/C12H24.2C8H4F3N3O2/c1-3-5-7-9-11-12-10-8-6-4-2;2*1-2-3(8(15)16)5(10)6(11)7(4(2)9)13-14-12/h3,5H,4,6-12H2,1-2H3;2*1H3,(H,15,16). The second-order valence-electron chi connectivity index (χ2n) is 9.05. The molecule has 0 aliphatic rings. The number of azide groups is 2. The summed E-state index contributed by atoms with van der Waals surface area (Å²) >= 11 is 0. The highest BCUT2D eigenvalue weighted by Gasteiger charge is 2.26. The van der Waals surface area contributed by atoms with Gasteiger partial charge >= 0.3 is 11.9 Å². The van der Waals surface area contributed by atoms with E-state index in [1.165, 1.54) is 51.4 Å². The van der Waals surface area contributed by atoms with Gasteiger partial charge in [0.2, 0.25) is 0 Å². The van der Waals surface area contributed by atoms with Crippen molar-refractivity contribution in [1.29, 1.82) is 0 Å². The first-order chi connectivity index (χ1) is 20.7. The number of rotatable bonds is 12. The number of carboxylic acids is 2. The van der Waals surface area contributed by atoms with Crippen LogP contribution < -0.4 is 0 Å². The van der Waals surface area contributed by atoms with Crippen molar-refractivity contribution in [3.8, 4) is 0 Å². The first-order valence-electron chi connectivity index (χ1n) is 13.3. The van der Waals surface area contributed by atoms with Crippen molar-refractivity contribution < 1.29 is 46.1 Å². The molecule has 0 saturated carbocycles. The fourth-order valence-corrected chi connectivity index (χ4v) is 3.68. The van der Waals surface area contributed by atoms with Crippen LogP contribution in [0, 0.1) is 48.8 Å². The smallest absolute Gasteiger partial charge is 0.339 e. The van der Waals surface area contributed by atoms with Gasteiger partial charge in [0.05, 0.1) is 0 Å². The van der Waals surface area contributed by atoms with Gasteiger partial charge in [-0.1, -0.05) is 67.8 Å². The number of benzene rings is 2. The largest absolute Gasteiger partial charge is 0.478 e. The van der Waals surface area contributed by atoms with Gasteiger partial charge < -0.3 is 10.2 Å². The molecule has 240 valence electrons. The molecule has 2 N–H and O–H groups in total. The third-order valence-electron chi connectivity index (χ3n) is 5.99. The zero-order valence-corrected chi connectivity index (χ0v) is 24.5. The van der Waals surface area contributed by atoms with Crippen molar-refractivity contribution in [2.24, 2.45) is 10.2 Å². The Hall–Kier alpha value is -4.68. The highest BCUT2D eigenvalue weighted by atomic mass is 19.2. The molecule has 2 rings (SSSR count). The Morgan fingerprint density at radius 2 is 1.05 bits per heavy atom. The predicted molar refractivity (Wildman–Crippen MR) is 151 cm³/mol. The summed E-state index contributed by atoms with van der Waals surface area (Å²) in [6.07, 6.45) is 15.6. The number of allylic oxidation sites excluding steroid dienone is 2. The second-order valence-corrected chi connectivity index (χ2v) is 9.05. The van der Waals surface area contributed by atoms with E-state index in [1.807, 2.05) is 0 Å². The minimum Gasteiger partial charge on any atom is -0.478 e. The molecule has 0 aliphatic heterocycles. The van der Waals surface area contributed by atoms with E-state index < -0.39 is 80.5 Å². The van der Waals surface area contributed by atoms with Gasteiger partial charge in [-0.05, 0) is 44.7 Å². The molecule has 2 aromatic carbocycles. The molecule has 0 atom stereocenters. The molecule has 0 spiro atoms. The first-order valence-corrected chi connectivity index (χ1v) is 13.3. The summed E-state index contributed by atoms with van der Waals surface area (Å²) in [4.78, 5) is 25.3. The minimum atomic E-state index is -1.82. The fourth-order valence-electron chi connectivity index (χ4n) is 3.68. The third-order valence-corrected chi connectivity index (χ3v) is 5.99. The monoisotopic (exact) mass is 630 g/mol. The molecule has 0 aromatic heterocycles. The molecule has 0 radical (unpaired) electrons. The molecule has 0 heterocycles. The lowest BCUT2D eigenvalue weighted by atomic mass is 10.1. The van der Waals surface area contributed by atoms with Crippen LogP contribution in [0.15, 0.2) is 22.4 Å². The maximum atomic E-state index is 13.3. The number of halogens is 6. The van der Waals surface area contributed by atoms with Gasteiger partial charge in [-0.2, -0.15) is 0 Å². The minimum absolute atomic E-state index is 0.631. The molecule has 0 aliphatic carbocycles. The number of hydrogen-bond donors (Lipinski definition) is 2. The Morgan fingerprint density at radius 1 is 0.682 bits per heavy atom. The van der Waals surface area contributed by atoms with Gasteiger partial charge in [0.1, 0.15) is 34.1 Å². The average Bonchev–Trinajstić information content (AvgIpc) is 2.97. The van der Waals surface area contributed by atoms with Crippen molar-refractivity contribution >= 4 is 23.3 Å². The van der Waals surface area contributed by atoms with Crippen molar-refractivity contribution in [2.45, 2.75) is 79.1 Å². The normalized spacial score (nSPS) is 10.1. The van der Waals surface area contributed by atoms with Gasteiger partial charge in [0.15, 0.2) is 23.3 Å². The van der Waals surface area contributed by atoms with E-state index in [-0.39, 0.29) is 0 Å². The van der Waals surface area contributed by atoms with E-state index in [0.717, 1.165) is 13.8 Å². The van der Waals surface area contributed by atoms with Crippen LogP contribution in [0.25, 0.3) is 20.9 Å². The van der Waals surface area contributed by atoms with Crippen molar-refractivity contribution in [1.82, 2.24) is 0 Å². The van der Waals surface area contributed by atoms with Crippen LogP contribution >= 0.6 is 0 Å². The fraction of sp³-hybridized carbons (Fsp3) is 0.429. The zero-order chi connectivity index (χ0) is 34.0. The van der Waals surface area contributed by atoms with E-state index in [4.69, 9.17) is 21.3 Å². The van der Waals surface area contributed by atoms with Crippen LogP contribution in [0.3, 0.4) is 0 Å². The van der Waals surface area contributed by atoms with E-state index in [1.54, 1.807) is 0 Å². The zero-order valence-electron chi connectivity index (χ0n) is 24.5. The van der Waals surface area contributed by atoms with Crippen molar-refractivity contribution in [3.05, 3.63) is 90.2 Å². The van der Waals surface area contributed by atoms with E-state index in [9.17, 15) is 35.9 Å². The topological polar surface area (TPSA) is 172 Å². The Balaban J connectivity index is 0.000000639. The van der Waals surface area contributed by atoms with Crippen molar-refractivity contribution in [3.63, 3.8) is 0 Å². The van der Waals surface area contributed by atoms with Gasteiger partial charge in [0.25, 0.3) is 0 Å². The lowest BCUT2D eigenvalue weighted by molar-refractivity contribution is 0.0678. The molecule has 0 fully saturated rings. The summed E-state index contributed by atoms with van der Waals surface area (Å²) in [5, 5.41) is 22.3. The van der Waals surface area contributed by atoms with Gasteiger partial charge in [-0.25, -0.2) is 35.9 Å². The lowest BCUT2D eigenvalue weighted by Gasteiger charge is -2.07. The molecule has 0 amide bonds. The van der Waals surface area contributed by atoms with Gasteiger partial charge in [-0.3, -0.25) is 0 Å². The molecule has 10 nitrogen and oxygen atoms in total. The van der Waals surface area contributed by atoms with E-state index in [2.05, 4.69) is 46.1 Å². The highest BCUT2D eigenvalue weighted by molar-refractivity contribution is 5.91. The molecule has 0 saturated heterocycles. The quantitative estimate of drug-likeness (QED) is 0.0452. The van der Waals surface area contributed by atoms with Crippen LogP contribution in [-0.4, -0.2) is 22.2 Å². The van der Waals surface area contributed by atoms with E-state index >= 15 is 0 Å². The van der Waals surface area contributed by atoms with Gasteiger partial charge in [-0.15, -0.1) is 0 Å². The summed E-state index contributed by atoms with van der Waals surface area (Å²) in [6, 6.07) is 0. The first kappa shape index (κ1) is 39.3. The highest BCUT2D eigenvalue weighted by Crippen LogP contribution is 2.32.